The molecule has 1 fully saturated rings. The summed E-state index contributed by atoms with van der Waals surface area (Å²) in [7, 11) is 0. The summed E-state index contributed by atoms with van der Waals surface area (Å²) in [6, 6.07) is 3.28. The van der Waals surface area contributed by atoms with Crippen LogP contribution in [0.15, 0.2) is 18.2 Å². The zero-order valence-corrected chi connectivity index (χ0v) is 10.4. The van der Waals surface area contributed by atoms with Gasteiger partial charge in [0, 0.05) is 26.1 Å². The van der Waals surface area contributed by atoms with E-state index in [1.165, 1.54) is 6.07 Å². The average Bonchev–Trinajstić information content (AvgIpc) is 2.79. The van der Waals surface area contributed by atoms with Crippen LogP contribution in [0.2, 0.25) is 0 Å². The van der Waals surface area contributed by atoms with E-state index in [0.717, 1.165) is 12.1 Å². The molecule has 4 nitrogen and oxygen atoms in total. The molecule has 0 aromatic heterocycles. The van der Waals surface area contributed by atoms with Crippen molar-refractivity contribution in [2.45, 2.75) is 18.1 Å². The first-order chi connectivity index (χ1) is 9.00. The smallest absolute Gasteiger partial charge is 0.159 e. The van der Waals surface area contributed by atoms with Crippen molar-refractivity contribution in [3.05, 3.63) is 35.4 Å². The van der Waals surface area contributed by atoms with Gasteiger partial charge in [-0.3, -0.25) is 0 Å². The molecular weight excluding hydrogens is 256 g/mol. The van der Waals surface area contributed by atoms with E-state index < -0.39 is 23.3 Å². The number of aliphatic hydroxyl groups is 2. The zero-order chi connectivity index (χ0) is 13.9. The highest BCUT2D eigenvalue weighted by Crippen LogP contribution is 2.18. The molecule has 1 aliphatic rings. The van der Waals surface area contributed by atoms with Crippen LogP contribution in [0, 0.1) is 11.6 Å². The van der Waals surface area contributed by atoms with Gasteiger partial charge in [0.15, 0.2) is 11.6 Å². The van der Waals surface area contributed by atoms with Crippen LogP contribution in [0.5, 0.6) is 0 Å². The fourth-order valence-electron chi connectivity index (χ4n) is 2.01. The Bertz CT molecular complexity index is 436. The maximum atomic E-state index is 13.0. The van der Waals surface area contributed by atoms with E-state index in [9.17, 15) is 19.0 Å². The maximum absolute atomic E-state index is 13.0. The molecular formula is C13H17F2NO3. The van der Waals surface area contributed by atoms with Crippen molar-refractivity contribution in [1.82, 2.24) is 5.32 Å². The highest BCUT2D eigenvalue weighted by Gasteiger charge is 2.31. The second-order valence-electron chi connectivity index (χ2n) is 4.85. The van der Waals surface area contributed by atoms with E-state index in [1.807, 2.05) is 0 Å². The standard InChI is InChI=1S/C13H17F2NO3/c14-10-2-1-9(5-11(10)15)12(17)6-16-7-13(18)3-4-19-8-13/h1-2,5,12,16-18H,3-4,6-8H2. The second kappa shape index (κ2) is 5.92. The van der Waals surface area contributed by atoms with Crippen LogP contribution < -0.4 is 5.32 Å². The van der Waals surface area contributed by atoms with Crippen molar-refractivity contribution < 1.29 is 23.7 Å². The number of ether oxygens (including phenoxy) is 1. The van der Waals surface area contributed by atoms with Crippen LogP contribution in [-0.2, 0) is 4.74 Å². The molecule has 3 N–H and O–H groups in total. The monoisotopic (exact) mass is 273 g/mol. The van der Waals surface area contributed by atoms with Gasteiger partial charge in [-0.1, -0.05) is 6.07 Å². The third kappa shape index (κ3) is 3.70. The highest BCUT2D eigenvalue weighted by atomic mass is 19.2. The predicted molar refractivity (Wildman–Crippen MR) is 64.6 cm³/mol. The summed E-state index contributed by atoms with van der Waals surface area (Å²) in [5, 5.41) is 22.7. The lowest BCUT2D eigenvalue weighted by atomic mass is 10.0. The minimum atomic E-state index is -0.987. The van der Waals surface area contributed by atoms with Crippen LogP contribution >= 0.6 is 0 Å². The Morgan fingerprint density at radius 2 is 2.16 bits per heavy atom. The molecule has 106 valence electrons. The molecule has 2 unspecified atom stereocenters. The third-order valence-electron chi connectivity index (χ3n) is 3.20. The van der Waals surface area contributed by atoms with Crippen LogP contribution in [0.25, 0.3) is 0 Å². The summed E-state index contributed by atoms with van der Waals surface area (Å²) < 4.78 is 30.8. The molecule has 1 aliphatic heterocycles. The second-order valence-corrected chi connectivity index (χ2v) is 4.85. The summed E-state index contributed by atoms with van der Waals surface area (Å²) >= 11 is 0. The molecule has 0 amide bonds. The van der Waals surface area contributed by atoms with E-state index in [-0.39, 0.29) is 19.7 Å². The van der Waals surface area contributed by atoms with Crippen molar-refractivity contribution in [3.8, 4) is 0 Å². The van der Waals surface area contributed by atoms with Crippen LogP contribution in [0.3, 0.4) is 0 Å². The van der Waals surface area contributed by atoms with E-state index >= 15 is 0 Å². The quantitative estimate of drug-likeness (QED) is 0.740. The van der Waals surface area contributed by atoms with Crippen molar-refractivity contribution in [2.24, 2.45) is 0 Å². The number of aliphatic hydroxyl groups excluding tert-OH is 1. The molecule has 1 heterocycles. The Morgan fingerprint density at radius 3 is 2.79 bits per heavy atom. The first-order valence-electron chi connectivity index (χ1n) is 6.14. The number of hydrogen-bond acceptors (Lipinski definition) is 4. The van der Waals surface area contributed by atoms with E-state index in [1.54, 1.807) is 0 Å². The Labute approximate surface area is 110 Å². The lowest BCUT2D eigenvalue weighted by Crippen LogP contribution is -2.42. The predicted octanol–water partition coefficient (Wildman–Crippen LogP) is 0.739. The molecule has 1 saturated heterocycles. The van der Waals surface area contributed by atoms with Crippen LogP contribution in [0.4, 0.5) is 8.78 Å². The van der Waals surface area contributed by atoms with Gasteiger partial charge < -0.3 is 20.3 Å². The van der Waals surface area contributed by atoms with Gasteiger partial charge in [-0.05, 0) is 17.7 Å². The van der Waals surface area contributed by atoms with Gasteiger partial charge in [-0.15, -0.1) is 0 Å². The Kier molecular flexibility index (Phi) is 4.46. The molecule has 0 radical (unpaired) electrons. The number of nitrogens with one attached hydrogen (secondary N) is 1. The number of rotatable bonds is 5. The third-order valence-corrected chi connectivity index (χ3v) is 3.20. The Balaban J connectivity index is 1.83. The fourth-order valence-corrected chi connectivity index (χ4v) is 2.01. The van der Waals surface area contributed by atoms with Gasteiger partial charge in [-0.2, -0.15) is 0 Å². The van der Waals surface area contributed by atoms with Gasteiger partial charge in [0.25, 0.3) is 0 Å². The minimum Gasteiger partial charge on any atom is -0.387 e. The lowest BCUT2D eigenvalue weighted by molar-refractivity contribution is 0.0244. The molecule has 2 atom stereocenters. The van der Waals surface area contributed by atoms with E-state index in [0.29, 0.717) is 18.6 Å². The average molecular weight is 273 g/mol. The maximum Gasteiger partial charge on any atom is 0.159 e. The summed E-state index contributed by atoms with van der Waals surface area (Å²) in [6.07, 6.45) is -0.414. The summed E-state index contributed by atoms with van der Waals surface area (Å²) in [6.45, 7) is 1.21. The molecule has 0 spiro atoms. The molecule has 6 heteroatoms. The Hall–Kier alpha value is -1.08. The van der Waals surface area contributed by atoms with Gasteiger partial charge in [0.1, 0.15) is 5.60 Å². The molecule has 1 aromatic rings. The summed E-state index contributed by atoms with van der Waals surface area (Å²) in [5.74, 6) is -1.93. The van der Waals surface area contributed by atoms with E-state index in [4.69, 9.17) is 4.74 Å². The topological polar surface area (TPSA) is 61.7 Å². The molecule has 0 aliphatic carbocycles. The summed E-state index contributed by atoms with van der Waals surface area (Å²) in [4.78, 5) is 0. The molecule has 19 heavy (non-hydrogen) atoms. The molecule has 0 saturated carbocycles. The van der Waals surface area contributed by atoms with Crippen molar-refractivity contribution in [1.29, 1.82) is 0 Å². The molecule has 2 rings (SSSR count). The number of halogens is 2. The van der Waals surface area contributed by atoms with Crippen LogP contribution in [-0.4, -0.2) is 42.1 Å². The highest BCUT2D eigenvalue weighted by molar-refractivity contribution is 5.20. The van der Waals surface area contributed by atoms with Gasteiger partial charge >= 0.3 is 0 Å². The largest absolute Gasteiger partial charge is 0.387 e. The van der Waals surface area contributed by atoms with Gasteiger partial charge in [0.05, 0.1) is 12.7 Å². The van der Waals surface area contributed by atoms with Crippen LogP contribution in [0.1, 0.15) is 18.1 Å². The van der Waals surface area contributed by atoms with Crippen molar-refractivity contribution in [2.75, 3.05) is 26.3 Å². The number of hydrogen-bond donors (Lipinski definition) is 3. The number of benzene rings is 1. The first-order valence-corrected chi connectivity index (χ1v) is 6.14. The minimum absolute atomic E-state index is 0.146. The van der Waals surface area contributed by atoms with Crippen molar-refractivity contribution >= 4 is 0 Å². The van der Waals surface area contributed by atoms with Crippen molar-refractivity contribution in [3.63, 3.8) is 0 Å². The molecule has 0 bridgehead atoms. The SMILES string of the molecule is OC(CNCC1(O)CCOC1)c1ccc(F)c(F)c1. The fraction of sp³-hybridized carbons (Fsp3) is 0.538. The normalized spacial score (nSPS) is 24.6. The zero-order valence-electron chi connectivity index (χ0n) is 10.4. The van der Waals surface area contributed by atoms with Gasteiger partial charge in [-0.25, -0.2) is 8.78 Å². The Morgan fingerprint density at radius 1 is 1.37 bits per heavy atom. The van der Waals surface area contributed by atoms with E-state index in [2.05, 4.69) is 5.32 Å². The summed E-state index contributed by atoms with van der Waals surface area (Å²) in [5.41, 5.74) is -0.616. The first kappa shape index (κ1) is 14.3. The molecule has 1 aromatic carbocycles. The lowest BCUT2D eigenvalue weighted by Gasteiger charge is -2.22. The van der Waals surface area contributed by atoms with Gasteiger partial charge in [0.2, 0.25) is 0 Å².